The van der Waals surface area contributed by atoms with Gasteiger partial charge < -0.3 is 24.6 Å². The van der Waals surface area contributed by atoms with Gasteiger partial charge in [-0.05, 0) is 12.5 Å². The number of cyclic esters (lactones) is 1. The molecule has 0 radical (unpaired) electrons. The molecule has 1 aliphatic rings. The molecule has 3 atom stereocenters. The summed E-state index contributed by atoms with van der Waals surface area (Å²) >= 11 is 0. The molecule has 0 aliphatic carbocycles. The zero-order valence-electron chi connectivity index (χ0n) is 12.9. The van der Waals surface area contributed by atoms with Crippen molar-refractivity contribution in [1.82, 2.24) is 5.32 Å². The van der Waals surface area contributed by atoms with Crippen molar-refractivity contribution in [3.05, 3.63) is 35.9 Å². The van der Waals surface area contributed by atoms with Crippen LogP contribution in [0.2, 0.25) is 0 Å². The van der Waals surface area contributed by atoms with Crippen molar-refractivity contribution < 1.29 is 28.9 Å². The number of nitrogens with one attached hydrogen (secondary N) is 1. The third-order valence-electron chi connectivity index (χ3n) is 3.55. The maximum Gasteiger partial charge on any atom is 0.405 e. The van der Waals surface area contributed by atoms with E-state index in [1.165, 1.54) is 0 Å². The Balaban J connectivity index is 1.94. The first-order valence-corrected chi connectivity index (χ1v) is 7.49. The summed E-state index contributed by atoms with van der Waals surface area (Å²) in [4.78, 5) is 22.7. The molecule has 23 heavy (non-hydrogen) atoms. The number of hydrogen-bond acceptors (Lipinski definition) is 5. The molecule has 1 fully saturated rings. The van der Waals surface area contributed by atoms with Gasteiger partial charge in [0, 0.05) is 13.0 Å². The second-order valence-electron chi connectivity index (χ2n) is 5.34. The quantitative estimate of drug-likeness (QED) is 0.817. The highest BCUT2D eigenvalue weighted by Gasteiger charge is 2.29. The highest BCUT2D eigenvalue weighted by Crippen LogP contribution is 2.13. The highest BCUT2D eigenvalue weighted by atomic mass is 16.6. The minimum Gasteiger partial charge on any atom is -0.465 e. The van der Waals surface area contributed by atoms with Crippen LogP contribution in [-0.2, 0) is 25.6 Å². The van der Waals surface area contributed by atoms with Crippen LogP contribution in [0.15, 0.2) is 30.3 Å². The first-order valence-electron chi connectivity index (χ1n) is 7.49. The van der Waals surface area contributed by atoms with Crippen LogP contribution in [0.25, 0.3) is 0 Å². The lowest BCUT2D eigenvalue weighted by Crippen LogP contribution is -2.43. The number of hydrogen-bond donors (Lipinski definition) is 2. The number of carboxylic acid groups (broad SMARTS) is 1. The Labute approximate surface area is 134 Å². The third-order valence-corrected chi connectivity index (χ3v) is 3.55. The number of carbonyl (C=O) groups excluding carboxylic acids is 1. The Hall–Kier alpha value is -2.12. The molecule has 0 aromatic heterocycles. The van der Waals surface area contributed by atoms with E-state index in [1.54, 1.807) is 6.92 Å². The van der Waals surface area contributed by atoms with Gasteiger partial charge in [-0.1, -0.05) is 30.3 Å². The number of benzene rings is 1. The molecule has 7 nitrogen and oxygen atoms in total. The van der Waals surface area contributed by atoms with Gasteiger partial charge in [-0.15, -0.1) is 0 Å². The summed E-state index contributed by atoms with van der Waals surface area (Å²) in [6.07, 6.45) is -2.00. The first kappa shape index (κ1) is 17.2. The molecule has 1 aromatic carbocycles. The van der Waals surface area contributed by atoms with Gasteiger partial charge in [0.15, 0.2) is 0 Å². The Bertz CT molecular complexity index is 521. The summed E-state index contributed by atoms with van der Waals surface area (Å²) in [6, 6.07) is 8.72. The summed E-state index contributed by atoms with van der Waals surface area (Å²) < 4.78 is 16.6. The van der Waals surface area contributed by atoms with Crippen LogP contribution in [0, 0.1) is 0 Å². The van der Waals surface area contributed by atoms with Crippen LogP contribution in [0.1, 0.15) is 18.9 Å². The standard InChI is InChI=1S/C16H21NO6/c1-11-14(22-9-12-5-3-2-4-6-12)10-21-8-7-13(15(18)23-11)17-16(19)20/h2-6,11,13-14,17H,7-10H2,1H3,(H,19,20)/t11-,13-,14+/m0/s1. The minimum atomic E-state index is -1.27. The van der Waals surface area contributed by atoms with Crippen LogP contribution >= 0.6 is 0 Å². The van der Waals surface area contributed by atoms with Crippen LogP contribution in [0.4, 0.5) is 4.79 Å². The van der Waals surface area contributed by atoms with E-state index in [4.69, 9.17) is 19.3 Å². The number of esters is 1. The van der Waals surface area contributed by atoms with Gasteiger partial charge in [0.05, 0.1) is 13.2 Å². The van der Waals surface area contributed by atoms with E-state index in [0.29, 0.717) is 6.61 Å². The molecule has 2 rings (SSSR count). The maximum absolute atomic E-state index is 12.0. The summed E-state index contributed by atoms with van der Waals surface area (Å²) in [5, 5.41) is 10.9. The van der Waals surface area contributed by atoms with E-state index in [9.17, 15) is 9.59 Å². The fraction of sp³-hybridized carbons (Fsp3) is 0.500. The highest BCUT2D eigenvalue weighted by molar-refractivity contribution is 5.80. The molecule has 1 aliphatic heterocycles. The van der Waals surface area contributed by atoms with Gasteiger partial charge in [0.1, 0.15) is 18.2 Å². The molecule has 2 N–H and O–H groups in total. The second kappa shape index (κ2) is 8.50. The zero-order chi connectivity index (χ0) is 16.7. The molecule has 7 heteroatoms. The summed E-state index contributed by atoms with van der Waals surface area (Å²) in [5.74, 6) is -0.612. The third kappa shape index (κ3) is 5.54. The van der Waals surface area contributed by atoms with Gasteiger partial charge in [-0.25, -0.2) is 9.59 Å². The summed E-state index contributed by atoms with van der Waals surface area (Å²) in [6.45, 7) is 2.62. The summed E-state index contributed by atoms with van der Waals surface area (Å²) in [7, 11) is 0. The smallest absolute Gasteiger partial charge is 0.405 e. The zero-order valence-corrected chi connectivity index (χ0v) is 12.9. The van der Waals surface area contributed by atoms with Gasteiger partial charge in [0.2, 0.25) is 0 Å². The van der Waals surface area contributed by atoms with E-state index >= 15 is 0 Å². The maximum atomic E-state index is 12.0. The number of amides is 1. The average Bonchev–Trinajstić information content (AvgIpc) is 2.58. The molecule has 1 saturated heterocycles. The fourth-order valence-corrected chi connectivity index (χ4v) is 2.24. The van der Waals surface area contributed by atoms with Crippen LogP contribution in [0.3, 0.4) is 0 Å². The van der Waals surface area contributed by atoms with Crippen LogP contribution in [0.5, 0.6) is 0 Å². The summed E-state index contributed by atoms with van der Waals surface area (Å²) in [5.41, 5.74) is 1.01. The van der Waals surface area contributed by atoms with Crippen molar-refractivity contribution >= 4 is 12.1 Å². The molecular formula is C16H21NO6. The van der Waals surface area contributed by atoms with Crippen molar-refractivity contribution in [2.45, 2.75) is 38.2 Å². The topological polar surface area (TPSA) is 94.1 Å². The predicted octanol–water partition coefficient (Wildman–Crippen LogP) is 1.56. The van der Waals surface area contributed by atoms with Gasteiger partial charge >= 0.3 is 12.1 Å². The Morgan fingerprint density at radius 3 is 2.83 bits per heavy atom. The molecule has 0 bridgehead atoms. The predicted molar refractivity (Wildman–Crippen MR) is 81.0 cm³/mol. The molecule has 0 unspecified atom stereocenters. The Morgan fingerprint density at radius 1 is 1.39 bits per heavy atom. The molecule has 1 heterocycles. The monoisotopic (exact) mass is 323 g/mol. The molecule has 0 saturated carbocycles. The lowest BCUT2D eigenvalue weighted by atomic mass is 10.2. The van der Waals surface area contributed by atoms with Gasteiger partial charge in [0.25, 0.3) is 0 Å². The van der Waals surface area contributed by atoms with E-state index in [1.807, 2.05) is 30.3 Å². The molecule has 126 valence electrons. The van der Waals surface area contributed by atoms with E-state index in [0.717, 1.165) is 5.56 Å². The molecule has 1 amide bonds. The largest absolute Gasteiger partial charge is 0.465 e. The minimum absolute atomic E-state index is 0.225. The van der Waals surface area contributed by atoms with Crippen molar-refractivity contribution in [2.24, 2.45) is 0 Å². The number of rotatable bonds is 4. The normalized spacial score (nSPS) is 25.6. The van der Waals surface area contributed by atoms with Crippen molar-refractivity contribution in [3.63, 3.8) is 0 Å². The lowest BCUT2D eigenvalue weighted by molar-refractivity contribution is -0.160. The van der Waals surface area contributed by atoms with E-state index < -0.39 is 30.3 Å². The SMILES string of the molecule is C[C@@H]1OC(=O)[C@@H](NC(=O)O)CCOC[C@H]1OCc1ccccc1. The van der Waals surface area contributed by atoms with Crippen molar-refractivity contribution in [2.75, 3.05) is 13.2 Å². The van der Waals surface area contributed by atoms with E-state index in [2.05, 4.69) is 5.32 Å². The van der Waals surface area contributed by atoms with Crippen molar-refractivity contribution in [3.8, 4) is 0 Å². The number of carbonyl (C=O) groups is 2. The van der Waals surface area contributed by atoms with Crippen molar-refractivity contribution in [1.29, 1.82) is 0 Å². The van der Waals surface area contributed by atoms with Crippen LogP contribution < -0.4 is 5.32 Å². The first-order chi connectivity index (χ1) is 11.1. The second-order valence-corrected chi connectivity index (χ2v) is 5.34. The molecule has 0 spiro atoms. The van der Waals surface area contributed by atoms with Crippen LogP contribution in [-0.4, -0.2) is 48.6 Å². The molecule has 1 aromatic rings. The fourth-order valence-electron chi connectivity index (χ4n) is 2.24. The Morgan fingerprint density at radius 2 is 2.13 bits per heavy atom. The van der Waals surface area contributed by atoms with E-state index in [-0.39, 0.29) is 19.6 Å². The number of ether oxygens (including phenoxy) is 3. The van der Waals surface area contributed by atoms with Gasteiger partial charge in [-0.3, -0.25) is 0 Å². The average molecular weight is 323 g/mol. The lowest BCUT2D eigenvalue weighted by Gasteiger charge is -2.24. The Kier molecular flexibility index (Phi) is 6.37. The molecular weight excluding hydrogens is 302 g/mol. The van der Waals surface area contributed by atoms with Gasteiger partial charge in [-0.2, -0.15) is 0 Å².